The lowest BCUT2D eigenvalue weighted by Crippen LogP contribution is -2.06. The van der Waals surface area contributed by atoms with Crippen molar-refractivity contribution in [2.75, 3.05) is 6.61 Å². The molecule has 0 aliphatic carbocycles. The van der Waals surface area contributed by atoms with Crippen LogP contribution in [0.25, 0.3) is 11.0 Å². The van der Waals surface area contributed by atoms with Crippen molar-refractivity contribution in [2.24, 2.45) is 7.05 Å². The molecule has 2 aromatic heterocycles. The Labute approximate surface area is 127 Å². The van der Waals surface area contributed by atoms with Crippen LogP contribution in [-0.2, 0) is 19.5 Å². The Morgan fingerprint density at radius 2 is 2.19 bits per heavy atom. The first kappa shape index (κ1) is 13.9. The van der Waals surface area contributed by atoms with Crippen LogP contribution in [0.4, 0.5) is 0 Å². The van der Waals surface area contributed by atoms with Crippen molar-refractivity contribution in [2.45, 2.75) is 19.3 Å². The van der Waals surface area contributed by atoms with Crippen LogP contribution in [0.15, 0.2) is 24.5 Å². The standard InChI is InChI=1S/C14H16ClN5O/c1-3-21-11-6-4-5-10-14(11)17-13(7-15)20(10)8-12-16-9-19(2)18-12/h4-6,9H,3,7-8H2,1-2H3. The van der Waals surface area contributed by atoms with Gasteiger partial charge < -0.3 is 9.30 Å². The highest BCUT2D eigenvalue weighted by Gasteiger charge is 2.15. The van der Waals surface area contributed by atoms with Gasteiger partial charge in [-0.15, -0.1) is 11.6 Å². The molecule has 3 rings (SSSR count). The van der Waals surface area contributed by atoms with E-state index in [0.717, 1.165) is 28.4 Å². The number of ether oxygens (including phenoxy) is 1. The Kier molecular flexibility index (Phi) is 3.79. The van der Waals surface area contributed by atoms with Crippen LogP contribution in [0.1, 0.15) is 18.6 Å². The number of benzene rings is 1. The second kappa shape index (κ2) is 5.73. The number of hydrogen-bond donors (Lipinski definition) is 0. The summed E-state index contributed by atoms with van der Waals surface area (Å²) in [6, 6.07) is 5.87. The van der Waals surface area contributed by atoms with Crippen LogP contribution in [-0.4, -0.2) is 30.9 Å². The number of hydrogen-bond acceptors (Lipinski definition) is 4. The number of para-hydroxylation sites is 1. The smallest absolute Gasteiger partial charge is 0.170 e. The molecule has 0 aliphatic heterocycles. The summed E-state index contributed by atoms with van der Waals surface area (Å²) in [5.41, 5.74) is 1.80. The number of imidazole rings is 1. The summed E-state index contributed by atoms with van der Waals surface area (Å²) in [7, 11) is 1.85. The number of halogens is 1. The number of aryl methyl sites for hydroxylation is 1. The van der Waals surface area contributed by atoms with Gasteiger partial charge in [0.05, 0.1) is 24.5 Å². The second-order valence-corrected chi connectivity index (χ2v) is 4.91. The van der Waals surface area contributed by atoms with Crippen molar-refractivity contribution in [1.29, 1.82) is 0 Å². The zero-order valence-electron chi connectivity index (χ0n) is 12.0. The van der Waals surface area contributed by atoms with Crippen LogP contribution in [0.3, 0.4) is 0 Å². The predicted molar refractivity (Wildman–Crippen MR) is 80.6 cm³/mol. The van der Waals surface area contributed by atoms with E-state index in [2.05, 4.69) is 15.1 Å². The Balaban J connectivity index is 2.09. The summed E-state index contributed by atoms with van der Waals surface area (Å²) >= 11 is 6.03. The van der Waals surface area contributed by atoms with Crippen molar-refractivity contribution in [3.63, 3.8) is 0 Å². The first-order valence-electron chi connectivity index (χ1n) is 6.74. The van der Waals surface area contributed by atoms with E-state index in [0.29, 0.717) is 19.0 Å². The van der Waals surface area contributed by atoms with Crippen LogP contribution in [0, 0.1) is 0 Å². The fourth-order valence-electron chi connectivity index (χ4n) is 2.32. The zero-order valence-corrected chi connectivity index (χ0v) is 12.7. The Hall–Kier alpha value is -2.08. The minimum absolute atomic E-state index is 0.326. The molecule has 0 atom stereocenters. The van der Waals surface area contributed by atoms with Gasteiger partial charge in [-0.3, -0.25) is 4.68 Å². The maximum atomic E-state index is 6.03. The van der Waals surface area contributed by atoms with Gasteiger partial charge in [0.15, 0.2) is 5.82 Å². The molecule has 0 fully saturated rings. The number of rotatable bonds is 5. The van der Waals surface area contributed by atoms with Crippen LogP contribution in [0.2, 0.25) is 0 Å². The Bertz CT molecular complexity index is 764. The second-order valence-electron chi connectivity index (χ2n) is 4.64. The molecule has 1 aromatic carbocycles. The van der Waals surface area contributed by atoms with E-state index in [1.165, 1.54) is 0 Å². The van der Waals surface area contributed by atoms with Gasteiger partial charge in [0.1, 0.15) is 23.4 Å². The minimum Gasteiger partial charge on any atom is -0.492 e. The molecule has 0 unspecified atom stereocenters. The van der Waals surface area contributed by atoms with E-state index >= 15 is 0 Å². The number of fused-ring (bicyclic) bond motifs is 1. The topological polar surface area (TPSA) is 57.8 Å². The average molecular weight is 306 g/mol. The molecule has 21 heavy (non-hydrogen) atoms. The molecule has 110 valence electrons. The third-order valence-electron chi connectivity index (χ3n) is 3.19. The molecule has 6 nitrogen and oxygen atoms in total. The molecule has 0 aliphatic rings. The van der Waals surface area contributed by atoms with Gasteiger partial charge >= 0.3 is 0 Å². The van der Waals surface area contributed by atoms with E-state index in [-0.39, 0.29) is 0 Å². The summed E-state index contributed by atoms with van der Waals surface area (Å²) in [4.78, 5) is 8.86. The number of alkyl halides is 1. The molecule has 0 bridgehead atoms. The van der Waals surface area contributed by atoms with Gasteiger partial charge in [0, 0.05) is 7.05 Å². The van der Waals surface area contributed by atoms with Crippen molar-refractivity contribution in [1.82, 2.24) is 24.3 Å². The molecular weight excluding hydrogens is 290 g/mol. The highest BCUT2D eigenvalue weighted by molar-refractivity contribution is 6.16. The molecule has 3 aromatic rings. The maximum Gasteiger partial charge on any atom is 0.170 e. The Morgan fingerprint density at radius 3 is 2.86 bits per heavy atom. The first-order valence-corrected chi connectivity index (χ1v) is 7.27. The van der Waals surface area contributed by atoms with Crippen LogP contribution >= 0.6 is 11.6 Å². The quantitative estimate of drug-likeness (QED) is 0.679. The van der Waals surface area contributed by atoms with Gasteiger partial charge in [0.2, 0.25) is 0 Å². The summed E-state index contributed by atoms with van der Waals surface area (Å²) in [5.74, 6) is 2.61. The highest BCUT2D eigenvalue weighted by Crippen LogP contribution is 2.27. The van der Waals surface area contributed by atoms with Gasteiger partial charge in [0.25, 0.3) is 0 Å². The summed E-state index contributed by atoms with van der Waals surface area (Å²) < 4.78 is 9.34. The summed E-state index contributed by atoms with van der Waals surface area (Å²) in [6.07, 6.45) is 1.68. The van der Waals surface area contributed by atoms with Crippen molar-refractivity contribution in [3.8, 4) is 5.75 Å². The molecular formula is C14H16ClN5O. The lowest BCUT2D eigenvalue weighted by molar-refractivity contribution is 0.343. The zero-order chi connectivity index (χ0) is 14.8. The molecule has 0 N–H and O–H groups in total. The molecule has 0 amide bonds. The average Bonchev–Trinajstić information content (AvgIpc) is 3.05. The lowest BCUT2D eigenvalue weighted by atomic mass is 10.3. The maximum absolute atomic E-state index is 6.03. The normalized spacial score (nSPS) is 11.2. The van der Waals surface area contributed by atoms with Gasteiger partial charge in [-0.1, -0.05) is 6.07 Å². The van der Waals surface area contributed by atoms with E-state index in [1.807, 2.05) is 36.7 Å². The summed E-state index contributed by atoms with van der Waals surface area (Å²) in [5, 5.41) is 4.31. The molecule has 0 saturated carbocycles. The molecule has 7 heteroatoms. The van der Waals surface area contributed by atoms with Crippen molar-refractivity contribution >= 4 is 22.6 Å². The number of aromatic nitrogens is 5. The van der Waals surface area contributed by atoms with Gasteiger partial charge in [-0.2, -0.15) is 5.10 Å². The largest absolute Gasteiger partial charge is 0.492 e. The van der Waals surface area contributed by atoms with E-state index < -0.39 is 0 Å². The van der Waals surface area contributed by atoms with E-state index in [9.17, 15) is 0 Å². The minimum atomic E-state index is 0.326. The van der Waals surface area contributed by atoms with E-state index in [4.69, 9.17) is 16.3 Å². The van der Waals surface area contributed by atoms with Crippen LogP contribution in [0.5, 0.6) is 5.75 Å². The Morgan fingerprint density at radius 1 is 1.33 bits per heavy atom. The molecule has 2 heterocycles. The fourth-order valence-corrected chi connectivity index (χ4v) is 2.52. The van der Waals surface area contributed by atoms with Gasteiger partial charge in [-0.05, 0) is 19.1 Å². The summed E-state index contributed by atoms with van der Waals surface area (Å²) in [6.45, 7) is 3.09. The van der Waals surface area contributed by atoms with Crippen LogP contribution < -0.4 is 4.74 Å². The van der Waals surface area contributed by atoms with Crippen molar-refractivity contribution < 1.29 is 4.74 Å². The third kappa shape index (κ3) is 2.58. The molecule has 0 radical (unpaired) electrons. The SMILES string of the molecule is CCOc1cccc2c1nc(CCl)n2Cc1ncn(C)n1. The lowest BCUT2D eigenvalue weighted by Gasteiger charge is -2.06. The third-order valence-corrected chi connectivity index (χ3v) is 3.43. The molecule has 0 saturated heterocycles. The predicted octanol–water partition coefficient (Wildman–Crippen LogP) is 2.35. The van der Waals surface area contributed by atoms with Crippen molar-refractivity contribution in [3.05, 3.63) is 36.2 Å². The first-order chi connectivity index (χ1) is 10.2. The highest BCUT2D eigenvalue weighted by atomic mass is 35.5. The monoisotopic (exact) mass is 305 g/mol. The fraction of sp³-hybridized carbons (Fsp3) is 0.357. The molecule has 0 spiro atoms. The van der Waals surface area contributed by atoms with Gasteiger partial charge in [-0.25, -0.2) is 9.97 Å². The van der Waals surface area contributed by atoms with E-state index in [1.54, 1.807) is 11.0 Å². The number of nitrogens with zero attached hydrogens (tertiary/aromatic N) is 5.